The van der Waals surface area contributed by atoms with E-state index in [4.69, 9.17) is 4.74 Å². The van der Waals surface area contributed by atoms with Gasteiger partial charge in [-0.3, -0.25) is 0 Å². The van der Waals surface area contributed by atoms with Crippen LogP contribution in [0.5, 0.6) is 0 Å². The number of nitrogens with one attached hydrogen (secondary N) is 2. The fourth-order valence-corrected chi connectivity index (χ4v) is 1.68. The summed E-state index contributed by atoms with van der Waals surface area (Å²) < 4.78 is 5.31. The largest absolute Gasteiger partial charge is 0.455 e. The molecule has 0 spiro atoms. The number of carbonyl (C=O) groups excluding carboxylic acids is 1. The monoisotopic (exact) mass is 237 g/mol. The maximum Gasteiger partial charge on any atom is 0.359 e. The highest BCUT2D eigenvalue weighted by Crippen LogP contribution is 2.20. The van der Waals surface area contributed by atoms with Gasteiger partial charge in [0.25, 0.3) is 0 Å². The van der Waals surface area contributed by atoms with E-state index in [-0.39, 0.29) is 5.97 Å². The summed E-state index contributed by atoms with van der Waals surface area (Å²) >= 11 is 0. The summed E-state index contributed by atoms with van der Waals surface area (Å²) in [7, 11) is 0. The number of ether oxygens (including phenoxy) is 1. The van der Waals surface area contributed by atoms with Crippen molar-refractivity contribution in [3.05, 3.63) is 17.2 Å². The molecule has 1 aromatic heterocycles. The number of carbonyl (C=O) groups is 1. The Morgan fingerprint density at radius 3 is 2.53 bits per heavy atom. The van der Waals surface area contributed by atoms with Crippen molar-refractivity contribution in [3.8, 4) is 0 Å². The lowest BCUT2D eigenvalue weighted by Crippen LogP contribution is -2.40. The van der Waals surface area contributed by atoms with Gasteiger partial charge >= 0.3 is 5.97 Å². The highest BCUT2D eigenvalue weighted by Gasteiger charge is 2.27. The number of hydrogen-bond donors (Lipinski definition) is 2. The number of aryl methyl sites for hydroxylation is 1. The van der Waals surface area contributed by atoms with Gasteiger partial charge in [-0.05, 0) is 27.7 Å². The molecule has 5 nitrogen and oxygen atoms in total. The Balaban J connectivity index is 2.15. The molecule has 2 N–H and O–H groups in total. The van der Waals surface area contributed by atoms with Gasteiger partial charge in [0.2, 0.25) is 0 Å². The van der Waals surface area contributed by atoms with E-state index in [0.29, 0.717) is 11.6 Å². The van der Waals surface area contributed by atoms with Crippen LogP contribution in [0.15, 0.2) is 0 Å². The number of esters is 1. The Morgan fingerprint density at radius 1 is 1.41 bits per heavy atom. The van der Waals surface area contributed by atoms with Crippen LogP contribution in [0.4, 0.5) is 0 Å². The lowest BCUT2D eigenvalue weighted by atomic mass is 10.0. The molecule has 0 atom stereocenters. The van der Waals surface area contributed by atoms with Crippen molar-refractivity contribution in [2.24, 2.45) is 0 Å². The minimum absolute atomic E-state index is 0.357. The Hall–Kier alpha value is -1.36. The number of rotatable bonds is 2. The van der Waals surface area contributed by atoms with E-state index in [2.05, 4.69) is 15.3 Å². The fourth-order valence-electron chi connectivity index (χ4n) is 1.68. The third kappa shape index (κ3) is 2.66. The zero-order valence-electron chi connectivity index (χ0n) is 10.8. The highest BCUT2D eigenvalue weighted by molar-refractivity contribution is 5.88. The number of hydrogen-bond acceptors (Lipinski definition) is 4. The molecule has 17 heavy (non-hydrogen) atoms. The first-order valence-electron chi connectivity index (χ1n) is 5.87. The van der Waals surface area contributed by atoms with Gasteiger partial charge in [-0.15, -0.1) is 0 Å². The van der Waals surface area contributed by atoms with Crippen LogP contribution in [0.25, 0.3) is 0 Å². The zero-order valence-corrected chi connectivity index (χ0v) is 10.8. The molecule has 0 aromatic carbocycles. The second-order valence-electron chi connectivity index (χ2n) is 5.45. The van der Waals surface area contributed by atoms with Crippen LogP contribution >= 0.6 is 0 Å². The van der Waals surface area contributed by atoms with Crippen molar-refractivity contribution < 1.29 is 9.53 Å². The number of nitrogens with zero attached hydrogens (tertiary/aromatic N) is 1. The summed E-state index contributed by atoms with van der Waals surface area (Å²) in [6.45, 7) is 9.24. The summed E-state index contributed by atoms with van der Waals surface area (Å²) in [5, 5.41) is 3.18. The molecule has 0 radical (unpaired) electrons. The van der Waals surface area contributed by atoms with E-state index >= 15 is 0 Å². The number of H-pyrrole nitrogens is 1. The molecule has 2 heterocycles. The minimum Gasteiger partial charge on any atom is -0.455 e. The van der Waals surface area contributed by atoms with Crippen LogP contribution in [0, 0.1) is 6.92 Å². The van der Waals surface area contributed by atoms with Gasteiger partial charge in [0.05, 0.1) is 0 Å². The Bertz CT molecular complexity index is 427. The quantitative estimate of drug-likeness (QED) is 0.762. The Labute approximate surface area is 101 Å². The van der Waals surface area contributed by atoms with Crippen molar-refractivity contribution in [2.45, 2.75) is 39.2 Å². The van der Waals surface area contributed by atoms with Crippen molar-refractivity contribution in [1.29, 1.82) is 0 Å². The molecule has 5 heteroatoms. The normalized spacial score (nSPS) is 16.7. The smallest absolute Gasteiger partial charge is 0.359 e. The average molecular weight is 237 g/mol. The molecule has 1 aliphatic rings. The summed E-state index contributed by atoms with van der Waals surface area (Å²) in [5.74, 6) is 0.914. The topological polar surface area (TPSA) is 67.0 Å². The van der Waals surface area contributed by atoms with E-state index in [1.165, 1.54) is 0 Å². The highest BCUT2D eigenvalue weighted by atomic mass is 16.6. The zero-order chi connectivity index (χ0) is 12.6. The first kappa shape index (κ1) is 12.1. The fraction of sp³-hybridized carbons (Fsp3) is 0.667. The van der Waals surface area contributed by atoms with Gasteiger partial charge in [-0.2, -0.15) is 0 Å². The molecule has 2 rings (SSSR count). The third-order valence-corrected chi connectivity index (χ3v) is 2.66. The van der Waals surface area contributed by atoms with E-state index < -0.39 is 5.60 Å². The van der Waals surface area contributed by atoms with Crippen LogP contribution in [0.3, 0.4) is 0 Å². The van der Waals surface area contributed by atoms with E-state index in [0.717, 1.165) is 24.6 Å². The lowest BCUT2D eigenvalue weighted by molar-refractivity contribution is 0.00624. The SMILES string of the molecule is Cc1[nH]c(C2CNC2)nc1C(=O)OC(C)(C)C. The van der Waals surface area contributed by atoms with Crippen molar-refractivity contribution >= 4 is 5.97 Å². The molecule has 0 unspecified atom stereocenters. The first-order chi connectivity index (χ1) is 7.87. The van der Waals surface area contributed by atoms with Crippen LogP contribution in [-0.4, -0.2) is 34.6 Å². The number of imidazole rings is 1. The van der Waals surface area contributed by atoms with Crippen LogP contribution in [-0.2, 0) is 4.74 Å². The Morgan fingerprint density at radius 2 is 2.06 bits per heavy atom. The standard InChI is InChI=1S/C12H19N3O2/c1-7-9(11(16)17-12(2,3)4)15-10(14-7)8-5-13-6-8/h8,13H,5-6H2,1-4H3,(H,14,15). The summed E-state index contributed by atoms with van der Waals surface area (Å²) in [5.41, 5.74) is 0.698. The second-order valence-corrected chi connectivity index (χ2v) is 5.45. The molecule has 0 aliphatic carbocycles. The van der Waals surface area contributed by atoms with Crippen LogP contribution in [0.1, 0.15) is 48.7 Å². The van der Waals surface area contributed by atoms with Gasteiger partial charge in [-0.25, -0.2) is 9.78 Å². The van der Waals surface area contributed by atoms with Crippen LogP contribution < -0.4 is 5.32 Å². The maximum absolute atomic E-state index is 11.9. The molecule has 0 bridgehead atoms. The predicted octanol–water partition coefficient (Wildman–Crippen LogP) is 1.36. The van der Waals surface area contributed by atoms with Gasteiger partial charge in [0, 0.05) is 24.7 Å². The Kier molecular flexibility index (Phi) is 2.95. The van der Waals surface area contributed by atoms with E-state index in [1.807, 2.05) is 27.7 Å². The average Bonchev–Trinajstić information content (AvgIpc) is 2.40. The first-order valence-corrected chi connectivity index (χ1v) is 5.87. The number of aromatic nitrogens is 2. The molecular weight excluding hydrogens is 218 g/mol. The molecule has 0 amide bonds. The van der Waals surface area contributed by atoms with Gasteiger partial charge in [0.1, 0.15) is 11.4 Å². The maximum atomic E-state index is 11.9. The summed E-state index contributed by atoms with van der Waals surface area (Å²) in [4.78, 5) is 19.4. The number of aromatic amines is 1. The van der Waals surface area contributed by atoms with Gasteiger partial charge < -0.3 is 15.0 Å². The minimum atomic E-state index is -0.485. The summed E-state index contributed by atoms with van der Waals surface area (Å²) in [6, 6.07) is 0. The molecule has 94 valence electrons. The van der Waals surface area contributed by atoms with Crippen LogP contribution in [0.2, 0.25) is 0 Å². The molecule has 1 fully saturated rings. The molecule has 1 aromatic rings. The van der Waals surface area contributed by atoms with Gasteiger partial charge in [-0.1, -0.05) is 0 Å². The second kappa shape index (κ2) is 4.14. The van der Waals surface area contributed by atoms with Gasteiger partial charge in [0.15, 0.2) is 5.69 Å². The van der Waals surface area contributed by atoms with E-state index in [9.17, 15) is 4.79 Å². The molecule has 1 aliphatic heterocycles. The molecular formula is C12H19N3O2. The van der Waals surface area contributed by atoms with Crippen molar-refractivity contribution in [3.63, 3.8) is 0 Å². The van der Waals surface area contributed by atoms with Crippen molar-refractivity contribution in [2.75, 3.05) is 13.1 Å². The molecule has 1 saturated heterocycles. The van der Waals surface area contributed by atoms with E-state index in [1.54, 1.807) is 0 Å². The summed E-state index contributed by atoms with van der Waals surface area (Å²) in [6.07, 6.45) is 0. The van der Waals surface area contributed by atoms with Crippen molar-refractivity contribution in [1.82, 2.24) is 15.3 Å². The predicted molar refractivity (Wildman–Crippen MR) is 64.1 cm³/mol. The molecule has 0 saturated carbocycles. The third-order valence-electron chi connectivity index (χ3n) is 2.66. The lowest BCUT2D eigenvalue weighted by Gasteiger charge is -2.24.